The van der Waals surface area contributed by atoms with Crippen LogP contribution in [0.2, 0.25) is 5.02 Å². The molecule has 0 saturated heterocycles. The molecule has 0 aliphatic heterocycles. The first-order chi connectivity index (χ1) is 12.0. The normalized spacial score (nSPS) is 10.8. The fourth-order valence-electron chi connectivity index (χ4n) is 2.21. The molecular formula is C17H16ClN3O3S. The molecular weight excluding hydrogens is 362 g/mol. The number of hydrogen-bond acceptors (Lipinski definition) is 5. The Morgan fingerprint density at radius 3 is 2.84 bits per heavy atom. The molecule has 0 aliphatic carbocycles. The van der Waals surface area contributed by atoms with Crippen LogP contribution in [-0.4, -0.2) is 40.8 Å². The van der Waals surface area contributed by atoms with Gasteiger partial charge >= 0.3 is 0 Å². The van der Waals surface area contributed by atoms with Gasteiger partial charge in [0.25, 0.3) is 5.56 Å². The minimum Gasteiger partial charge on any atom is -0.492 e. The standard InChI is InChI=1S/C17H16ClN3O3S/c1-20(7-8-24-14-4-2-13(18)3-5-14)15(22)11-21-17(23)16-12(10-19-21)6-9-25-16/h2-6,9-10H,7-8,11H2,1H3. The summed E-state index contributed by atoms with van der Waals surface area (Å²) in [5.41, 5.74) is -0.244. The lowest BCUT2D eigenvalue weighted by Crippen LogP contribution is -2.36. The number of carbonyl (C=O) groups excluding carboxylic acids is 1. The number of amides is 1. The Labute approximate surface area is 153 Å². The van der Waals surface area contributed by atoms with Crippen LogP contribution in [0.1, 0.15) is 0 Å². The molecule has 3 rings (SSSR count). The van der Waals surface area contributed by atoms with Crippen molar-refractivity contribution < 1.29 is 9.53 Å². The summed E-state index contributed by atoms with van der Waals surface area (Å²) in [6, 6.07) is 8.85. The smallest absolute Gasteiger partial charge is 0.285 e. The number of fused-ring (bicyclic) bond motifs is 1. The van der Waals surface area contributed by atoms with Crippen LogP contribution in [0.3, 0.4) is 0 Å². The molecule has 0 bridgehead atoms. The monoisotopic (exact) mass is 377 g/mol. The maximum atomic E-state index is 12.3. The molecule has 0 N–H and O–H groups in total. The summed E-state index contributed by atoms with van der Waals surface area (Å²) in [6.45, 7) is 0.651. The maximum absolute atomic E-state index is 12.3. The van der Waals surface area contributed by atoms with Crippen molar-refractivity contribution in [3.63, 3.8) is 0 Å². The highest BCUT2D eigenvalue weighted by atomic mass is 35.5. The van der Waals surface area contributed by atoms with E-state index in [9.17, 15) is 9.59 Å². The van der Waals surface area contributed by atoms with Crippen LogP contribution >= 0.6 is 22.9 Å². The van der Waals surface area contributed by atoms with Gasteiger partial charge in [0.1, 0.15) is 23.6 Å². The van der Waals surface area contributed by atoms with Crippen LogP contribution in [0.5, 0.6) is 5.75 Å². The molecule has 0 atom stereocenters. The van der Waals surface area contributed by atoms with Gasteiger partial charge in [-0.05, 0) is 35.7 Å². The van der Waals surface area contributed by atoms with E-state index in [2.05, 4.69) is 5.10 Å². The van der Waals surface area contributed by atoms with Crippen molar-refractivity contribution in [2.75, 3.05) is 20.2 Å². The molecule has 0 radical (unpaired) electrons. The molecule has 6 nitrogen and oxygen atoms in total. The second-order valence-electron chi connectivity index (χ2n) is 5.43. The SMILES string of the molecule is CN(CCOc1ccc(Cl)cc1)C(=O)Cn1ncc2ccsc2c1=O. The number of carbonyl (C=O) groups is 1. The molecule has 2 heterocycles. The molecule has 8 heteroatoms. The largest absolute Gasteiger partial charge is 0.492 e. The van der Waals surface area contributed by atoms with Gasteiger partial charge in [-0.3, -0.25) is 9.59 Å². The first-order valence-electron chi connectivity index (χ1n) is 7.60. The van der Waals surface area contributed by atoms with E-state index in [1.807, 2.05) is 11.4 Å². The predicted octanol–water partition coefficient (Wildman–Crippen LogP) is 2.65. The summed E-state index contributed by atoms with van der Waals surface area (Å²) in [5.74, 6) is 0.483. The molecule has 0 spiro atoms. The summed E-state index contributed by atoms with van der Waals surface area (Å²) >= 11 is 7.16. The number of halogens is 1. The highest BCUT2D eigenvalue weighted by molar-refractivity contribution is 7.17. The Bertz CT molecular complexity index is 936. The molecule has 3 aromatic rings. The molecule has 0 unspecified atom stereocenters. The van der Waals surface area contributed by atoms with Crippen LogP contribution in [0.15, 0.2) is 46.7 Å². The number of nitrogens with zero attached hydrogens (tertiary/aromatic N) is 3. The van der Waals surface area contributed by atoms with Crippen LogP contribution in [0.25, 0.3) is 10.1 Å². The van der Waals surface area contributed by atoms with Gasteiger partial charge in [-0.2, -0.15) is 5.10 Å². The molecule has 25 heavy (non-hydrogen) atoms. The first kappa shape index (κ1) is 17.4. The van der Waals surface area contributed by atoms with E-state index in [1.165, 1.54) is 20.9 Å². The zero-order valence-electron chi connectivity index (χ0n) is 13.5. The second kappa shape index (κ2) is 7.67. The van der Waals surface area contributed by atoms with Crippen LogP contribution in [-0.2, 0) is 11.3 Å². The summed E-state index contributed by atoms with van der Waals surface area (Å²) in [5, 5.41) is 7.32. The van der Waals surface area contributed by atoms with E-state index >= 15 is 0 Å². The van der Waals surface area contributed by atoms with Gasteiger partial charge in [0, 0.05) is 17.5 Å². The summed E-state index contributed by atoms with van der Waals surface area (Å²) in [6.07, 6.45) is 1.60. The number of thiophene rings is 1. The molecule has 2 aromatic heterocycles. The van der Waals surface area contributed by atoms with Gasteiger partial charge < -0.3 is 9.64 Å². The summed E-state index contributed by atoms with van der Waals surface area (Å²) < 4.78 is 7.37. The summed E-state index contributed by atoms with van der Waals surface area (Å²) in [4.78, 5) is 26.1. The average Bonchev–Trinajstić information content (AvgIpc) is 3.08. The molecule has 0 aliphatic rings. The highest BCUT2D eigenvalue weighted by Crippen LogP contribution is 2.16. The number of likely N-dealkylation sites (N-methyl/N-ethyl adjacent to an activating group) is 1. The maximum Gasteiger partial charge on any atom is 0.285 e. The Morgan fingerprint density at radius 1 is 1.32 bits per heavy atom. The quantitative estimate of drug-likeness (QED) is 0.662. The molecule has 1 aromatic carbocycles. The van der Waals surface area contributed by atoms with E-state index in [1.54, 1.807) is 37.5 Å². The van der Waals surface area contributed by atoms with Gasteiger partial charge in [0.15, 0.2) is 0 Å². The summed E-state index contributed by atoms with van der Waals surface area (Å²) in [7, 11) is 1.67. The second-order valence-corrected chi connectivity index (χ2v) is 6.78. The molecule has 1 amide bonds. The van der Waals surface area contributed by atoms with Gasteiger partial charge in [0.05, 0.1) is 12.7 Å². The minimum atomic E-state index is -0.244. The predicted molar refractivity (Wildman–Crippen MR) is 98.5 cm³/mol. The Morgan fingerprint density at radius 2 is 2.08 bits per heavy atom. The van der Waals surface area contributed by atoms with Gasteiger partial charge in [-0.25, -0.2) is 4.68 Å². The van der Waals surface area contributed by atoms with Gasteiger partial charge in [-0.1, -0.05) is 11.6 Å². The fraction of sp³-hybridized carbons (Fsp3) is 0.235. The first-order valence-corrected chi connectivity index (χ1v) is 8.86. The van der Waals surface area contributed by atoms with Gasteiger partial charge in [-0.15, -0.1) is 11.3 Å². The van der Waals surface area contributed by atoms with Crippen molar-refractivity contribution in [3.05, 3.63) is 57.3 Å². The average molecular weight is 378 g/mol. The number of benzene rings is 1. The Hall–Kier alpha value is -2.38. The zero-order valence-corrected chi connectivity index (χ0v) is 15.1. The van der Waals surface area contributed by atoms with Gasteiger partial charge in [0.2, 0.25) is 5.91 Å². The zero-order chi connectivity index (χ0) is 17.8. The van der Waals surface area contributed by atoms with Crippen molar-refractivity contribution in [1.29, 1.82) is 0 Å². The Kier molecular flexibility index (Phi) is 5.35. The molecule has 130 valence electrons. The van der Waals surface area contributed by atoms with E-state index in [0.717, 1.165) is 5.39 Å². The minimum absolute atomic E-state index is 0.0931. The number of ether oxygens (including phenoxy) is 1. The van der Waals surface area contributed by atoms with Crippen molar-refractivity contribution in [2.24, 2.45) is 0 Å². The number of hydrogen-bond donors (Lipinski definition) is 0. The lowest BCUT2D eigenvalue weighted by Gasteiger charge is -2.17. The fourth-order valence-corrected chi connectivity index (χ4v) is 3.15. The van der Waals surface area contributed by atoms with Crippen LogP contribution in [0, 0.1) is 0 Å². The van der Waals surface area contributed by atoms with Crippen molar-refractivity contribution >= 4 is 38.9 Å². The van der Waals surface area contributed by atoms with E-state index in [-0.39, 0.29) is 18.0 Å². The van der Waals surface area contributed by atoms with Crippen LogP contribution in [0.4, 0.5) is 0 Å². The third-order valence-corrected chi connectivity index (χ3v) is 4.85. The lowest BCUT2D eigenvalue weighted by molar-refractivity contribution is -0.131. The lowest BCUT2D eigenvalue weighted by atomic mass is 10.3. The van der Waals surface area contributed by atoms with Crippen molar-refractivity contribution in [2.45, 2.75) is 6.54 Å². The molecule has 0 fully saturated rings. The van der Waals surface area contributed by atoms with Crippen molar-refractivity contribution in [1.82, 2.24) is 14.7 Å². The third kappa shape index (κ3) is 4.18. The van der Waals surface area contributed by atoms with E-state index in [0.29, 0.717) is 28.6 Å². The third-order valence-electron chi connectivity index (χ3n) is 3.68. The van der Waals surface area contributed by atoms with Crippen molar-refractivity contribution in [3.8, 4) is 5.75 Å². The number of rotatable bonds is 6. The topological polar surface area (TPSA) is 64.4 Å². The molecule has 0 saturated carbocycles. The Balaban J connectivity index is 1.55. The van der Waals surface area contributed by atoms with E-state index in [4.69, 9.17) is 16.3 Å². The number of aromatic nitrogens is 2. The highest BCUT2D eigenvalue weighted by Gasteiger charge is 2.13. The van der Waals surface area contributed by atoms with Crippen LogP contribution < -0.4 is 10.3 Å². The van der Waals surface area contributed by atoms with E-state index < -0.39 is 0 Å².